The molecule has 1 unspecified atom stereocenters. The summed E-state index contributed by atoms with van der Waals surface area (Å²) in [5.74, 6) is 0.279. The molecule has 4 nitrogen and oxygen atoms in total. The first-order valence-electron chi connectivity index (χ1n) is 19.7. The first kappa shape index (κ1) is 32.0. The number of furan rings is 2. The van der Waals surface area contributed by atoms with E-state index in [2.05, 4.69) is 187 Å². The van der Waals surface area contributed by atoms with E-state index in [1.54, 1.807) is 0 Å². The topological polar surface area (TPSA) is 32.8 Å². The van der Waals surface area contributed by atoms with Gasteiger partial charge in [-0.3, -0.25) is 0 Å². The highest BCUT2D eigenvalue weighted by Gasteiger charge is 2.29. The molecule has 0 saturated heterocycles. The molecule has 0 aliphatic heterocycles. The van der Waals surface area contributed by atoms with Gasteiger partial charge in [-0.15, -0.1) is 0 Å². The highest BCUT2D eigenvalue weighted by molar-refractivity contribution is 6.19. The third-order valence-corrected chi connectivity index (χ3v) is 12.1. The van der Waals surface area contributed by atoms with Gasteiger partial charge in [0, 0.05) is 49.2 Å². The minimum atomic E-state index is 0.279. The summed E-state index contributed by atoms with van der Waals surface area (Å²) in [4.78, 5) is 4.83. The largest absolute Gasteiger partial charge is 0.454 e. The van der Waals surface area contributed by atoms with E-state index >= 15 is 0 Å². The lowest BCUT2D eigenvalue weighted by Crippen LogP contribution is -2.28. The minimum absolute atomic E-state index is 0.279. The van der Waals surface area contributed by atoms with Gasteiger partial charge in [0.1, 0.15) is 11.2 Å². The summed E-state index contributed by atoms with van der Waals surface area (Å²) < 4.78 is 13.4. The standard InChI is InChI=1S/C53H36N2O2/c1-33-32-47(55(36-16-6-3-7-17-36)46-23-13-21-41-39-19-9-11-25-49(39)57-53(41)46)43-28-26-34-27-31-44(42-30-29-37(33)51(43)50(34)42)54(35-14-4-2-5-15-35)45-22-12-20-40-38-18-8-10-24-48(38)56-52(40)45/h2-31,33H,32H2,1H3. The first-order chi connectivity index (χ1) is 28.2. The number of anilines is 5. The molecule has 2 aromatic heterocycles. The average Bonchev–Trinajstić information content (AvgIpc) is 3.85. The van der Waals surface area contributed by atoms with Gasteiger partial charge in [0.2, 0.25) is 0 Å². The third-order valence-electron chi connectivity index (χ3n) is 12.1. The molecule has 0 fully saturated rings. The Balaban J connectivity index is 1.16. The van der Waals surface area contributed by atoms with Crippen LogP contribution in [0.3, 0.4) is 0 Å². The number of para-hydroxylation sites is 6. The Bertz CT molecular complexity index is 3420. The number of hydrogen-bond donors (Lipinski definition) is 0. The molecule has 1 atom stereocenters. The number of hydrogen-bond acceptors (Lipinski definition) is 4. The zero-order valence-corrected chi connectivity index (χ0v) is 31.3. The third kappa shape index (κ3) is 4.74. The minimum Gasteiger partial charge on any atom is -0.454 e. The van der Waals surface area contributed by atoms with Crippen molar-refractivity contribution in [3.05, 3.63) is 193 Å². The molecule has 270 valence electrons. The fourth-order valence-corrected chi connectivity index (χ4v) is 9.55. The molecule has 9 aromatic carbocycles. The molecule has 57 heavy (non-hydrogen) atoms. The van der Waals surface area contributed by atoms with E-state index in [0.717, 1.165) is 78.7 Å². The zero-order chi connectivity index (χ0) is 37.6. The van der Waals surface area contributed by atoms with Crippen LogP contribution in [-0.4, -0.2) is 0 Å². The normalized spacial score (nSPS) is 14.1. The fraction of sp³-hybridized carbons (Fsp3) is 0.0566. The van der Waals surface area contributed by atoms with Crippen molar-refractivity contribution in [1.82, 2.24) is 0 Å². The van der Waals surface area contributed by atoms with E-state index in [4.69, 9.17) is 8.83 Å². The van der Waals surface area contributed by atoms with Crippen molar-refractivity contribution in [1.29, 1.82) is 0 Å². The predicted molar refractivity (Wildman–Crippen MR) is 237 cm³/mol. The van der Waals surface area contributed by atoms with Gasteiger partial charge in [-0.25, -0.2) is 0 Å². The Hall–Kier alpha value is -7.30. The fourth-order valence-electron chi connectivity index (χ4n) is 9.55. The van der Waals surface area contributed by atoms with Crippen LogP contribution in [0.5, 0.6) is 0 Å². The van der Waals surface area contributed by atoms with E-state index in [9.17, 15) is 0 Å². The van der Waals surface area contributed by atoms with Crippen LogP contribution in [0, 0.1) is 0 Å². The van der Waals surface area contributed by atoms with Crippen molar-refractivity contribution < 1.29 is 8.83 Å². The Labute approximate surface area is 329 Å². The van der Waals surface area contributed by atoms with E-state index in [1.807, 2.05) is 12.1 Å². The van der Waals surface area contributed by atoms with E-state index in [-0.39, 0.29) is 5.92 Å². The number of rotatable bonds is 6. The Morgan fingerprint density at radius 3 is 1.61 bits per heavy atom. The Morgan fingerprint density at radius 2 is 0.965 bits per heavy atom. The van der Waals surface area contributed by atoms with Crippen LogP contribution in [0.15, 0.2) is 191 Å². The SMILES string of the molecule is CC1CC(N(c2ccccc2)c2cccc3c2oc2ccccc23)=c2ccc3ccc(N(c4ccccc4)c4cccc5c4oc4ccccc45)c4ccc1c2c34. The molecule has 0 radical (unpaired) electrons. The summed E-state index contributed by atoms with van der Waals surface area (Å²) in [6.07, 6.45) is 0.878. The highest BCUT2D eigenvalue weighted by atomic mass is 16.3. The van der Waals surface area contributed by atoms with Gasteiger partial charge >= 0.3 is 0 Å². The summed E-state index contributed by atoms with van der Waals surface area (Å²) in [5.41, 5.74) is 11.5. The molecule has 4 heteroatoms. The monoisotopic (exact) mass is 732 g/mol. The summed E-state index contributed by atoms with van der Waals surface area (Å²) >= 11 is 0. The van der Waals surface area contributed by atoms with Crippen molar-refractivity contribution in [2.45, 2.75) is 19.3 Å². The number of benzene rings is 9. The van der Waals surface area contributed by atoms with Gasteiger partial charge in [-0.1, -0.05) is 134 Å². The number of fused-ring (bicyclic) bond motifs is 6. The van der Waals surface area contributed by atoms with Crippen LogP contribution in [0.25, 0.3) is 71.1 Å². The summed E-state index contributed by atoms with van der Waals surface area (Å²) in [6.45, 7) is 2.37. The van der Waals surface area contributed by atoms with Gasteiger partial charge in [0.05, 0.1) is 17.1 Å². The Morgan fingerprint density at radius 1 is 0.421 bits per heavy atom. The number of nitrogens with zero attached hydrogens (tertiary/aromatic N) is 2. The lowest BCUT2D eigenvalue weighted by molar-refractivity contribution is 0.668. The van der Waals surface area contributed by atoms with Crippen molar-refractivity contribution in [2.24, 2.45) is 0 Å². The lowest BCUT2D eigenvalue weighted by atomic mass is 9.82. The maximum Gasteiger partial charge on any atom is 0.159 e. The van der Waals surface area contributed by atoms with Gasteiger partial charge in [-0.05, 0) is 88.7 Å². The molecule has 0 saturated carbocycles. The molecule has 0 amide bonds. The van der Waals surface area contributed by atoms with Crippen LogP contribution in [-0.2, 0) is 0 Å². The lowest BCUT2D eigenvalue weighted by Gasteiger charge is -2.34. The average molecular weight is 733 g/mol. The second-order valence-electron chi connectivity index (χ2n) is 15.3. The molecule has 11 aromatic rings. The summed E-state index contributed by atoms with van der Waals surface area (Å²) in [7, 11) is 0. The molecule has 0 N–H and O–H groups in total. The summed E-state index contributed by atoms with van der Waals surface area (Å²) in [6, 6.07) is 65.1. The maximum absolute atomic E-state index is 6.70. The molecule has 1 aliphatic carbocycles. The van der Waals surface area contributed by atoms with Crippen LogP contribution < -0.4 is 15.0 Å². The molecule has 2 heterocycles. The van der Waals surface area contributed by atoms with Gasteiger partial charge in [-0.2, -0.15) is 0 Å². The first-order valence-corrected chi connectivity index (χ1v) is 19.7. The van der Waals surface area contributed by atoms with Crippen molar-refractivity contribution in [2.75, 3.05) is 9.80 Å². The molecular weight excluding hydrogens is 697 g/mol. The van der Waals surface area contributed by atoms with Crippen LogP contribution in [0.1, 0.15) is 24.8 Å². The molecule has 0 bridgehead atoms. The van der Waals surface area contributed by atoms with E-state index in [0.29, 0.717) is 0 Å². The quantitative estimate of drug-likeness (QED) is 0.170. The Kier molecular flexibility index (Phi) is 6.93. The van der Waals surface area contributed by atoms with Crippen molar-refractivity contribution in [3.63, 3.8) is 0 Å². The van der Waals surface area contributed by atoms with E-state index < -0.39 is 0 Å². The van der Waals surface area contributed by atoms with Crippen LogP contribution in [0.4, 0.5) is 28.4 Å². The second-order valence-corrected chi connectivity index (χ2v) is 15.3. The summed E-state index contributed by atoms with van der Waals surface area (Å²) in [5, 5.41) is 10.7. The van der Waals surface area contributed by atoms with Gasteiger partial charge in [0.25, 0.3) is 0 Å². The van der Waals surface area contributed by atoms with Crippen LogP contribution >= 0.6 is 0 Å². The maximum atomic E-state index is 6.70. The molecule has 1 aliphatic rings. The van der Waals surface area contributed by atoms with E-state index in [1.165, 1.54) is 38.0 Å². The van der Waals surface area contributed by atoms with Gasteiger partial charge < -0.3 is 18.6 Å². The second kappa shape index (κ2) is 12.4. The zero-order valence-electron chi connectivity index (χ0n) is 31.3. The molecule has 12 rings (SSSR count). The molecular formula is C53H36N2O2. The van der Waals surface area contributed by atoms with Gasteiger partial charge in [0.15, 0.2) is 11.2 Å². The van der Waals surface area contributed by atoms with Crippen LogP contribution in [0.2, 0.25) is 0 Å². The van der Waals surface area contributed by atoms with Crippen molar-refractivity contribution >= 4 is 99.6 Å². The predicted octanol–water partition coefficient (Wildman–Crippen LogP) is 14.4. The molecule has 0 spiro atoms. The smallest absolute Gasteiger partial charge is 0.159 e. The highest BCUT2D eigenvalue weighted by Crippen LogP contribution is 2.48. The van der Waals surface area contributed by atoms with Crippen molar-refractivity contribution in [3.8, 4) is 0 Å².